The molecule has 0 spiro atoms. The molecule has 0 aromatic rings. The van der Waals surface area contributed by atoms with E-state index in [-0.39, 0.29) is 24.2 Å². The zero-order valence-electron chi connectivity index (χ0n) is 8.27. The van der Waals surface area contributed by atoms with Crippen molar-refractivity contribution in [3.05, 3.63) is 11.6 Å². The van der Waals surface area contributed by atoms with Crippen molar-refractivity contribution in [2.45, 2.75) is 32.0 Å². The molecular weight excluding hydrogens is 184 g/mol. The molecule has 0 aromatic heterocycles. The molecule has 2 heterocycles. The normalized spacial score (nSPS) is 33.4. The van der Waals surface area contributed by atoms with Crippen molar-refractivity contribution < 1.29 is 15.1 Å². The van der Waals surface area contributed by atoms with Gasteiger partial charge < -0.3 is 10.0 Å². The maximum Gasteiger partial charge on any atom is 0.345 e. The minimum Gasteiger partial charge on any atom is -0.442 e. The molecular formula is C9H15N2O3+. The van der Waals surface area contributed by atoms with Gasteiger partial charge in [0, 0.05) is 6.92 Å². The number of hydrogen-bond acceptors (Lipinski definition) is 2. The van der Waals surface area contributed by atoms with E-state index in [0.717, 1.165) is 10.6 Å². The first kappa shape index (κ1) is 9.48. The molecule has 1 saturated heterocycles. The fraction of sp³-hybridized carbons (Fsp3) is 0.667. The van der Waals surface area contributed by atoms with Crippen LogP contribution in [0, 0.1) is 0 Å². The van der Waals surface area contributed by atoms with Gasteiger partial charge in [0.2, 0.25) is 0 Å². The summed E-state index contributed by atoms with van der Waals surface area (Å²) in [6, 6.07) is -0.791. The predicted molar refractivity (Wildman–Crippen MR) is 50.1 cm³/mol. The summed E-state index contributed by atoms with van der Waals surface area (Å²) < 4.78 is 0. The van der Waals surface area contributed by atoms with E-state index in [4.69, 9.17) is 5.11 Å². The Hall–Kier alpha value is -1.07. The van der Waals surface area contributed by atoms with Crippen molar-refractivity contribution in [2.75, 3.05) is 6.54 Å². The zero-order valence-corrected chi connectivity index (χ0v) is 8.27. The van der Waals surface area contributed by atoms with Crippen LogP contribution in [0.3, 0.4) is 0 Å². The molecule has 0 saturated carbocycles. The molecule has 14 heavy (non-hydrogen) atoms. The SMILES string of the molecule is CC1=C[C@@H](C(C)[OH2+])N2C[C@@H]1N(O)C2=O. The molecule has 2 rings (SSSR count). The average Bonchev–Trinajstić information content (AvgIpc) is 2.37. The van der Waals surface area contributed by atoms with Gasteiger partial charge in [-0.1, -0.05) is 6.08 Å². The smallest absolute Gasteiger partial charge is 0.345 e. The van der Waals surface area contributed by atoms with Crippen molar-refractivity contribution in [2.24, 2.45) is 0 Å². The topological polar surface area (TPSA) is 66.7 Å². The monoisotopic (exact) mass is 199 g/mol. The van der Waals surface area contributed by atoms with Crippen molar-refractivity contribution in [3.63, 3.8) is 0 Å². The lowest BCUT2D eigenvalue weighted by Crippen LogP contribution is -2.44. The highest BCUT2D eigenvalue weighted by atomic mass is 16.5. The molecule has 5 nitrogen and oxygen atoms in total. The molecule has 0 aliphatic carbocycles. The summed E-state index contributed by atoms with van der Waals surface area (Å²) in [6.07, 6.45) is 1.54. The quantitative estimate of drug-likeness (QED) is 0.365. The first-order valence-corrected chi connectivity index (χ1v) is 4.70. The second kappa shape index (κ2) is 2.96. The third kappa shape index (κ3) is 1.13. The first-order chi connectivity index (χ1) is 6.52. The number of carbonyl (C=O) groups excluding carboxylic acids is 1. The Bertz CT molecular complexity index is 300. The van der Waals surface area contributed by atoms with Crippen molar-refractivity contribution in [1.29, 1.82) is 0 Å². The molecule has 0 aromatic carbocycles. The molecule has 2 aliphatic rings. The fourth-order valence-electron chi connectivity index (χ4n) is 2.08. The molecule has 2 aliphatic heterocycles. The molecule has 3 N–H and O–H groups in total. The van der Waals surface area contributed by atoms with E-state index in [1.165, 1.54) is 0 Å². The third-order valence-corrected chi connectivity index (χ3v) is 2.94. The third-order valence-electron chi connectivity index (χ3n) is 2.94. The van der Waals surface area contributed by atoms with Gasteiger partial charge in [-0.15, -0.1) is 0 Å². The van der Waals surface area contributed by atoms with Crippen LogP contribution in [0.2, 0.25) is 0 Å². The van der Waals surface area contributed by atoms with Crippen LogP contribution in [0.15, 0.2) is 11.6 Å². The Morgan fingerprint density at radius 3 is 2.93 bits per heavy atom. The molecule has 2 amide bonds. The highest BCUT2D eigenvalue weighted by Gasteiger charge is 2.46. The van der Waals surface area contributed by atoms with Gasteiger partial charge in [-0.05, 0) is 12.5 Å². The van der Waals surface area contributed by atoms with Gasteiger partial charge in [0.05, 0.1) is 12.6 Å². The number of amides is 2. The van der Waals surface area contributed by atoms with E-state index in [1.54, 1.807) is 11.8 Å². The number of urea groups is 1. The van der Waals surface area contributed by atoms with E-state index in [0.29, 0.717) is 6.54 Å². The number of hydroxylamine groups is 2. The van der Waals surface area contributed by atoms with E-state index in [2.05, 4.69) is 0 Å². The van der Waals surface area contributed by atoms with E-state index < -0.39 is 0 Å². The van der Waals surface area contributed by atoms with Crippen LogP contribution in [0.5, 0.6) is 0 Å². The fourth-order valence-corrected chi connectivity index (χ4v) is 2.08. The molecule has 3 atom stereocenters. The van der Waals surface area contributed by atoms with E-state index in [1.807, 2.05) is 13.0 Å². The highest BCUT2D eigenvalue weighted by molar-refractivity contribution is 5.78. The molecule has 78 valence electrons. The van der Waals surface area contributed by atoms with Crippen LogP contribution in [0.4, 0.5) is 4.79 Å². The van der Waals surface area contributed by atoms with E-state index >= 15 is 0 Å². The Labute approximate surface area is 82.2 Å². The largest absolute Gasteiger partial charge is 0.442 e. The summed E-state index contributed by atoms with van der Waals surface area (Å²) in [5.74, 6) is 0. The summed E-state index contributed by atoms with van der Waals surface area (Å²) in [6.45, 7) is 4.15. The van der Waals surface area contributed by atoms with Gasteiger partial charge in [-0.3, -0.25) is 5.21 Å². The minimum absolute atomic E-state index is 0.198. The van der Waals surface area contributed by atoms with Crippen molar-refractivity contribution in [1.82, 2.24) is 9.96 Å². The molecule has 1 fully saturated rings. The van der Waals surface area contributed by atoms with Gasteiger partial charge in [0.15, 0.2) is 6.10 Å². The van der Waals surface area contributed by atoms with Gasteiger partial charge in [0.25, 0.3) is 0 Å². The van der Waals surface area contributed by atoms with Crippen molar-refractivity contribution in [3.8, 4) is 0 Å². The number of rotatable bonds is 1. The Balaban J connectivity index is 2.34. The molecule has 0 radical (unpaired) electrons. The molecule has 2 bridgehead atoms. The number of hydrogen-bond donors (Lipinski definition) is 1. The summed E-state index contributed by atoms with van der Waals surface area (Å²) in [4.78, 5) is 13.1. The van der Waals surface area contributed by atoms with Crippen LogP contribution in [-0.4, -0.2) is 51.0 Å². The van der Waals surface area contributed by atoms with Crippen LogP contribution < -0.4 is 0 Å². The van der Waals surface area contributed by atoms with Crippen LogP contribution >= 0.6 is 0 Å². The lowest BCUT2D eigenvalue weighted by molar-refractivity contribution is -0.0480. The number of fused-ring (bicyclic) bond motifs is 2. The summed E-state index contributed by atoms with van der Waals surface area (Å²) in [5.41, 5.74) is 0.971. The summed E-state index contributed by atoms with van der Waals surface area (Å²) in [7, 11) is 0. The van der Waals surface area contributed by atoms with Crippen molar-refractivity contribution >= 4 is 6.03 Å². The molecule has 5 heteroatoms. The minimum atomic E-state index is -0.382. The van der Waals surface area contributed by atoms with Gasteiger partial charge in [0.1, 0.15) is 6.04 Å². The lowest BCUT2D eigenvalue weighted by Gasteiger charge is -2.28. The predicted octanol–water partition coefficient (Wildman–Crippen LogP) is -0.0766. The van der Waals surface area contributed by atoms with Crippen LogP contribution in [-0.2, 0) is 0 Å². The van der Waals surface area contributed by atoms with Gasteiger partial charge in [-0.25, -0.2) is 4.79 Å². The van der Waals surface area contributed by atoms with Gasteiger partial charge in [-0.2, -0.15) is 5.06 Å². The van der Waals surface area contributed by atoms with Crippen LogP contribution in [0.1, 0.15) is 13.8 Å². The highest BCUT2D eigenvalue weighted by Crippen LogP contribution is 2.29. The summed E-state index contributed by atoms with van der Waals surface area (Å²) >= 11 is 0. The Morgan fingerprint density at radius 1 is 1.71 bits per heavy atom. The first-order valence-electron chi connectivity index (χ1n) is 4.70. The zero-order chi connectivity index (χ0) is 10.5. The maximum absolute atomic E-state index is 11.5. The standard InChI is InChI=1S/C9H14N2O3/c1-5-3-7(6(2)12)10-4-8(5)11(14)9(10)13/h3,6-8,12,14H,4H2,1-2H3/p+1/t6?,7-,8-/m0/s1. The van der Waals surface area contributed by atoms with Crippen LogP contribution in [0.25, 0.3) is 0 Å². The molecule has 1 unspecified atom stereocenters. The Morgan fingerprint density at radius 2 is 2.36 bits per heavy atom. The van der Waals surface area contributed by atoms with E-state index in [9.17, 15) is 10.0 Å². The Kier molecular flexibility index (Phi) is 2.01. The second-order valence-electron chi connectivity index (χ2n) is 3.99. The average molecular weight is 199 g/mol. The number of nitrogens with zero attached hydrogens (tertiary/aromatic N) is 2. The summed E-state index contributed by atoms with van der Waals surface area (Å²) in [5, 5.41) is 17.9. The number of carbonyl (C=O) groups is 1. The second-order valence-corrected chi connectivity index (χ2v) is 3.99. The lowest BCUT2D eigenvalue weighted by atomic mass is 9.99. The maximum atomic E-state index is 11.5. The van der Waals surface area contributed by atoms with Gasteiger partial charge >= 0.3 is 6.03 Å².